The summed E-state index contributed by atoms with van der Waals surface area (Å²) in [4.78, 5) is 16.0. The van der Waals surface area contributed by atoms with Crippen LogP contribution in [0.1, 0.15) is 24.1 Å². The lowest BCUT2D eigenvalue weighted by molar-refractivity contribution is 0.249. The first-order valence-electron chi connectivity index (χ1n) is 6.30. The van der Waals surface area contributed by atoms with E-state index >= 15 is 0 Å². The number of rotatable bonds is 3. The van der Waals surface area contributed by atoms with Crippen LogP contribution in [0.4, 0.5) is 10.5 Å². The molecular formula is C15H16BrN3O. The molecule has 1 heterocycles. The Morgan fingerprint density at radius 3 is 2.80 bits per heavy atom. The van der Waals surface area contributed by atoms with Gasteiger partial charge in [0.2, 0.25) is 0 Å². The van der Waals surface area contributed by atoms with Crippen molar-refractivity contribution in [2.24, 2.45) is 0 Å². The van der Waals surface area contributed by atoms with Gasteiger partial charge in [0, 0.05) is 16.9 Å². The molecule has 2 aromatic rings. The van der Waals surface area contributed by atoms with Gasteiger partial charge in [-0.05, 0) is 53.0 Å². The summed E-state index contributed by atoms with van der Waals surface area (Å²) in [6.07, 6.45) is 3.45. The molecule has 104 valence electrons. The van der Waals surface area contributed by atoms with Crippen LogP contribution in [-0.4, -0.2) is 11.0 Å². The van der Waals surface area contributed by atoms with Gasteiger partial charge >= 0.3 is 6.03 Å². The van der Waals surface area contributed by atoms with Crippen LogP contribution in [0, 0.1) is 6.92 Å². The van der Waals surface area contributed by atoms with Crippen molar-refractivity contribution in [1.29, 1.82) is 0 Å². The number of nitrogens with one attached hydrogen (secondary N) is 2. The van der Waals surface area contributed by atoms with Crippen LogP contribution in [0.15, 0.2) is 47.2 Å². The Morgan fingerprint density at radius 1 is 1.30 bits per heavy atom. The van der Waals surface area contributed by atoms with Crippen LogP contribution in [0.2, 0.25) is 0 Å². The van der Waals surface area contributed by atoms with Crippen LogP contribution in [-0.2, 0) is 0 Å². The highest BCUT2D eigenvalue weighted by molar-refractivity contribution is 9.10. The molecule has 1 atom stereocenters. The minimum atomic E-state index is -0.243. The molecule has 20 heavy (non-hydrogen) atoms. The van der Waals surface area contributed by atoms with Crippen molar-refractivity contribution >= 4 is 27.6 Å². The summed E-state index contributed by atoms with van der Waals surface area (Å²) in [6.45, 7) is 3.90. The first kappa shape index (κ1) is 14.5. The number of aromatic nitrogens is 1. The van der Waals surface area contributed by atoms with Gasteiger partial charge in [-0.15, -0.1) is 0 Å². The summed E-state index contributed by atoms with van der Waals surface area (Å²) in [5.74, 6) is 0. The first-order chi connectivity index (χ1) is 9.58. The number of carbonyl (C=O) groups excluding carboxylic acids is 1. The van der Waals surface area contributed by atoms with Crippen LogP contribution < -0.4 is 10.6 Å². The molecule has 0 bridgehead atoms. The molecule has 0 aliphatic heterocycles. The van der Waals surface area contributed by atoms with Gasteiger partial charge in [-0.25, -0.2) is 4.79 Å². The Hall–Kier alpha value is -1.88. The van der Waals surface area contributed by atoms with E-state index in [1.54, 1.807) is 12.4 Å². The highest BCUT2D eigenvalue weighted by Gasteiger charge is 2.11. The second-order valence-electron chi connectivity index (χ2n) is 4.54. The Labute approximate surface area is 126 Å². The molecule has 0 aliphatic rings. The van der Waals surface area contributed by atoms with E-state index in [-0.39, 0.29) is 12.1 Å². The summed E-state index contributed by atoms with van der Waals surface area (Å²) in [6, 6.07) is 9.17. The minimum absolute atomic E-state index is 0.104. The third kappa shape index (κ3) is 3.57. The number of hydrogen-bond donors (Lipinski definition) is 2. The van der Waals surface area contributed by atoms with Crippen molar-refractivity contribution < 1.29 is 4.79 Å². The quantitative estimate of drug-likeness (QED) is 0.890. The van der Waals surface area contributed by atoms with Crippen LogP contribution in [0.25, 0.3) is 0 Å². The van der Waals surface area contributed by atoms with Crippen molar-refractivity contribution in [3.63, 3.8) is 0 Å². The number of nitrogens with zero attached hydrogens (tertiary/aromatic N) is 1. The molecule has 0 radical (unpaired) electrons. The SMILES string of the molecule is Cc1cccc(NC(=O)N[C@H](C)c2cccnc2)c1Br. The summed E-state index contributed by atoms with van der Waals surface area (Å²) in [5, 5.41) is 5.71. The number of urea groups is 1. The fourth-order valence-corrected chi connectivity index (χ4v) is 2.18. The Balaban J connectivity index is 2.01. The number of aryl methyl sites for hydroxylation is 1. The zero-order valence-corrected chi connectivity index (χ0v) is 12.9. The van der Waals surface area contributed by atoms with Crippen molar-refractivity contribution in [3.05, 3.63) is 58.3 Å². The molecular weight excluding hydrogens is 318 g/mol. The lowest BCUT2D eigenvalue weighted by Gasteiger charge is -2.15. The molecule has 2 amide bonds. The van der Waals surface area contributed by atoms with Gasteiger partial charge in [0.05, 0.1) is 11.7 Å². The van der Waals surface area contributed by atoms with Gasteiger partial charge < -0.3 is 10.6 Å². The molecule has 4 nitrogen and oxygen atoms in total. The van der Waals surface area contributed by atoms with E-state index in [1.807, 2.05) is 44.2 Å². The van der Waals surface area contributed by atoms with Gasteiger partial charge in [0.1, 0.15) is 0 Å². The third-order valence-corrected chi connectivity index (χ3v) is 4.02. The highest BCUT2D eigenvalue weighted by Crippen LogP contribution is 2.25. The minimum Gasteiger partial charge on any atom is -0.331 e. The van der Waals surface area contributed by atoms with E-state index in [0.717, 1.165) is 21.3 Å². The summed E-state index contributed by atoms with van der Waals surface area (Å²) < 4.78 is 0.893. The van der Waals surface area contributed by atoms with E-state index in [2.05, 4.69) is 31.5 Å². The smallest absolute Gasteiger partial charge is 0.319 e. The number of amides is 2. The van der Waals surface area contributed by atoms with Crippen LogP contribution in [0.5, 0.6) is 0 Å². The van der Waals surface area contributed by atoms with E-state index < -0.39 is 0 Å². The molecule has 0 unspecified atom stereocenters. The number of pyridine rings is 1. The maximum atomic E-state index is 12.0. The van der Waals surface area contributed by atoms with Gasteiger partial charge in [0.25, 0.3) is 0 Å². The van der Waals surface area contributed by atoms with Crippen molar-refractivity contribution in [2.75, 3.05) is 5.32 Å². The average molecular weight is 334 g/mol. The molecule has 0 spiro atoms. The summed E-state index contributed by atoms with van der Waals surface area (Å²) in [5.41, 5.74) is 2.79. The monoisotopic (exact) mass is 333 g/mol. The number of halogens is 1. The largest absolute Gasteiger partial charge is 0.331 e. The third-order valence-electron chi connectivity index (χ3n) is 2.97. The summed E-state index contributed by atoms with van der Waals surface area (Å²) >= 11 is 3.47. The van der Waals surface area contributed by atoms with E-state index in [1.165, 1.54) is 0 Å². The number of benzene rings is 1. The average Bonchev–Trinajstić information content (AvgIpc) is 2.45. The maximum absolute atomic E-state index is 12.0. The predicted molar refractivity (Wildman–Crippen MR) is 83.7 cm³/mol. The fourth-order valence-electron chi connectivity index (χ4n) is 1.81. The standard InChI is InChI=1S/C15H16BrN3O/c1-10-5-3-7-13(14(10)16)19-15(20)18-11(2)12-6-4-8-17-9-12/h3-9,11H,1-2H3,(H2,18,19,20)/t11-/m1/s1. The lowest BCUT2D eigenvalue weighted by Crippen LogP contribution is -2.31. The highest BCUT2D eigenvalue weighted by atomic mass is 79.9. The van der Waals surface area contributed by atoms with Gasteiger partial charge in [0.15, 0.2) is 0 Å². The number of hydrogen-bond acceptors (Lipinski definition) is 2. The van der Waals surface area contributed by atoms with E-state index in [0.29, 0.717) is 0 Å². The normalized spacial score (nSPS) is 11.8. The number of anilines is 1. The summed E-state index contributed by atoms with van der Waals surface area (Å²) in [7, 11) is 0. The molecule has 0 fully saturated rings. The first-order valence-corrected chi connectivity index (χ1v) is 7.10. The molecule has 2 rings (SSSR count). The second kappa shape index (κ2) is 6.52. The molecule has 0 aliphatic carbocycles. The molecule has 5 heteroatoms. The number of carbonyl (C=O) groups is 1. The zero-order valence-electron chi connectivity index (χ0n) is 11.4. The topological polar surface area (TPSA) is 54.0 Å². The second-order valence-corrected chi connectivity index (χ2v) is 5.34. The van der Waals surface area contributed by atoms with E-state index in [9.17, 15) is 4.79 Å². The van der Waals surface area contributed by atoms with Crippen LogP contribution >= 0.6 is 15.9 Å². The Kier molecular flexibility index (Phi) is 4.74. The van der Waals surface area contributed by atoms with Gasteiger partial charge in [-0.1, -0.05) is 18.2 Å². The fraction of sp³-hybridized carbons (Fsp3) is 0.200. The molecule has 2 N–H and O–H groups in total. The Bertz CT molecular complexity index is 601. The lowest BCUT2D eigenvalue weighted by atomic mass is 10.1. The molecule has 1 aromatic heterocycles. The van der Waals surface area contributed by atoms with Gasteiger partial charge in [-0.2, -0.15) is 0 Å². The van der Waals surface area contributed by atoms with Crippen molar-refractivity contribution in [3.8, 4) is 0 Å². The zero-order chi connectivity index (χ0) is 14.5. The van der Waals surface area contributed by atoms with E-state index in [4.69, 9.17) is 0 Å². The van der Waals surface area contributed by atoms with Crippen molar-refractivity contribution in [2.45, 2.75) is 19.9 Å². The van der Waals surface area contributed by atoms with Gasteiger partial charge in [-0.3, -0.25) is 4.98 Å². The molecule has 1 aromatic carbocycles. The van der Waals surface area contributed by atoms with Crippen LogP contribution in [0.3, 0.4) is 0 Å². The molecule has 0 saturated carbocycles. The molecule has 0 saturated heterocycles. The maximum Gasteiger partial charge on any atom is 0.319 e. The predicted octanol–water partition coefficient (Wildman–Crippen LogP) is 4.04. The van der Waals surface area contributed by atoms with Crippen molar-refractivity contribution in [1.82, 2.24) is 10.3 Å². The Morgan fingerprint density at radius 2 is 2.10 bits per heavy atom.